The molecule has 1 amide bonds. The summed E-state index contributed by atoms with van der Waals surface area (Å²) in [4.78, 5) is 14.6. The molecule has 0 unspecified atom stereocenters. The first-order valence-corrected chi connectivity index (χ1v) is 10.5. The summed E-state index contributed by atoms with van der Waals surface area (Å²) in [5, 5.41) is 0. The van der Waals surface area contributed by atoms with Crippen molar-refractivity contribution in [3.05, 3.63) is 60.2 Å². The van der Waals surface area contributed by atoms with Gasteiger partial charge in [0.25, 0.3) is 5.91 Å². The van der Waals surface area contributed by atoms with Gasteiger partial charge < -0.3 is 4.90 Å². The van der Waals surface area contributed by atoms with Gasteiger partial charge in [-0.2, -0.15) is 4.31 Å². The summed E-state index contributed by atoms with van der Waals surface area (Å²) in [5.74, 6) is 0.121. The first-order chi connectivity index (χ1) is 12.5. The Morgan fingerprint density at radius 1 is 0.923 bits per heavy atom. The lowest BCUT2D eigenvalue weighted by Crippen LogP contribution is -2.51. The van der Waals surface area contributed by atoms with Gasteiger partial charge in [0.2, 0.25) is 10.0 Å². The smallest absolute Gasteiger partial charge is 0.253 e. The van der Waals surface area contributed by atoms with Gasteiger partial charge in [0, 0.05) is 31.7 Å². The van der Waals surface area contributed by atoms with Gasteiger partial charge in [-0.05, 0) is 29.7 Å². The van der Waals surface area contributed by atoms with Crippen LogP contribution in [0.3, 0.4) is 0 Å². The largest absolute Gasteiger partial charge is 0.336 e. The third kappa shape index (κ3) is 4.14. The minimum atomic E-state index is -3.19. The highest BCUT2D eigenvalue weighted by Crippen LogP contribution is 2.21. The quantitative estimate of drug-likeness (QED) is 0.811. The van der Waals surface area contributed by atoms with Gasteiger partial charge >= 0.3 is 0 Å². The Morgan fingerprint density at radius 3 is 2.23 bits per heavy atom. The van der Waals surface area contributed by atoms with E-state index in [-0.39, 0.29) is 11.7 Å². The number of carbonyl (C=O) groups excluding carboxylic acids is 1. The molecule has 0 atom stereocenters. The Labute approximate surface area is 155 Å². The summed E-state index contributed by atoms with van der Waals surface area (Å²) in [6.07, 6.45) is 0.605. The van der Waals surface area contributed by atoms with Crippen LogP contribution in [-0.2, 0) is 10.0 Å². The number of carbonyl (C=O) groups is 1. The molecule has 0 saturated carbocycles. The van der Waals surface area contributed by atoms with Crippen LogP contribution in [0.5, 0.6) is 0 Å². The molecule has 0 spiro atoms. The average molecular weight is 372 g/mol. The molecular formula is C20H24N2O3S. The second-order valence-electron chi connectivity index (χ2n) is 6.45. The van der Waals surface area contributed by atoms with Crippen molar-refractivity contribution in [2.75, 3.05) is 31.9 Å². The summed E-state index contributed by atoms with van der Waals surface area (Å²) in [6.45, 7) is 3.45. The van der Waals surface area contributed by atoms with Crippen LogP contribution in [0.4, 0.5) is 0 Å². The number of hydrogen-bond acceptors (Lipinski definition) is 3. The predicted octanol–water partition coefficient (Wildman–Crippen LogP) is 2.85. The van der Waals surface area contributed by atoms with E-state index in [1.165, 1.54) is 4.31 Å². The molecule has 0 bridgehead atoms. The van der Waals surface area contributed by atoms with Crippen LogP contribution < -0.4 is 0 Å². The van der Waals surface area contributed by atoms with Crippen molar-refractivity contribution in [1.82, 2.24) is 9.21 Å². The van der Waals surface area contributed by atoms with Crippen LogP contribution >= 0.6 is 0 Å². The zero-order valence-corrected chi connectivity index (χ0v) is 15.8. The summed E-state index contributed by atoms with van der Waals surface area (Å²) in [5.41, 5.74) is 2.70. The molecule has 1 aliphatic rings. The molecule has 138 valence electrons. The molecule has 0 radical (unpaired) electrons. The third-order valence-corrected chi connectivity index (χ3v) is 6.67. The fourth-order valence-electron chi connectivity index (χ4n) is 3.20. The average Bonchev–Trinajstić information content (AvgIpc) is 2.68. The molecule has 0 aromatic heterocycles. The van der Waals surface area contributed by atoms with E-state index in [0.717, 1.165) is 11.1 Å². The van der Waals surface area contributed by atoms with Gasteiger partial charge in [-0.3, -0.25) is 4.79 Å². The third-order valence-electron chi connectivity index (χ3n) is 4.60. The molecule has 5 nitrogen and oxygen atoms in total. The maximum absolute atomic E-state index is 12.8. The van der Waals surface area contributed by atoms with Gasteiger partial charge in [0.1, 0.15) is 0 Å². The molecule has 1 heterocycles. The number of rotatable bonds is 5. The van der Waals surface area contributed by atoms with Crippen LogP contribution in [0.1, 0.15) is 23.7 Å². The van der Waals surface area contributed by atoms with E-state index < -0.39 is 10.0 Å². The minimum Gasteiger partial charge on any atom is -0.336 e. The maximum atomic E-state index is 12.8. The Hall–Kier alpha value is -2.18. The standard InChI is InChI=1S/C20H24N2O3S/c1-2-15-26(24,25)22-13-11-21(12-14-22)20(23)19-10-6-9-18(16-19)17-7-4-3-5-8-17/h3-10,16H,2,11-15H2,1H3. The second-order valence-corrected chi connectivity index (χ2v) is 8.54. The van der Waals surface area contributed by atoms with E-state index in [2.05, 4.69) is 0 Å². The fraction of sp³-hybridized carbons (Fsp3) is 0.350. The van der Waals surface area contributed by atoms with E-state index in [9.17, 15) is 13.2 Å². The van der Waals surface area contributed by atoms with Crippen LogP contribution in [0.25, 0.3) is 11.1 Å². The SMILES string of the molecule is CCCS(=O)(=O)N1CCN(C(=O)c2cccc(-c3ccccc3)c2)CC1. The summed E-state index contributed by atoms with van der Waals surface area (Å²) < 4.78 is 25.8. The number of nitrogens with zero attached hydrogens (tertiary/aromatic N) is 2. The lowest BCUT2D eigenvalue weighted by Gasteiger charge is -2.34. The van der Waals surface area contributed by atoms with Crippen LogP contribution in [0.15, 0.2) is 54.6 Å². The number of hydrogen-bond donors (Lipinski definition) is 0. The van der Waals surface area contributed by atoms with Crippen molar-refractivity contribution in [3.63, 3.8) is 0 Å². The van der Waals surface area contributed by atoms with Crippen molar-refractivity contribution in [2.45, 2.75) is 13.3 Å². The van der Waals surface area contributed by atoms with E-state index in [4.69, 9.17) is 0 Å². The van der Waals surface area contributed by atoms with Gasteiger partial charge in [0.05, 0.1) is 5.75 Å². The highest BCUT2D eigenvalue weighted by molar-refractivity contribution is 7.89. The monoisotopic (exact) mass is 372 g/mol. The summed E-state index contributed by atoms with van der Waals surface area (Å²) >= 11 is 0. The Balaban J connectivity index is 1.70. The van der Waals surface area contributed by atoms with Crippen molar-refractivity contribution in [1.29, 1.82) is 0 Å². The highest BCUT2D eigenvalue weighted by Gasteiger charge is 2.28. The van der Waals surface area contributed by atoms with Gasteiger partial charge in [0.15, 0.2) is 0 Å². The highest BCUT2D eigenvalue weighted by atomic mass is 32.2. The van der Waals surface area contributed by atoms with Gasteiger partial charge in [-0.25, -0.2) is 8.42 Å². The molecule has 2 aromatic carbocycles. The van der Waals surface area contributed by atoms with Crippen molar-refractivity contribution >= 4 is 15.9 Å². The van der Waals surface area contributed by atoms with Gasteiger partial charge in [-0.15, -0.1) is 0 Å². The molecule has 0 N–H and O–H groups in total. The zero-order chi connectivity index (χ0) is 18.6. The molecule has 1 saturated heterocycles. The lowest BCUT2D eigenvalue weighted by molar-refractivity contribution is 0.0698. The molecule has 26 heavy (non-hydrogen) atoms. The Kier molecular flexibility index (Phi) is 5.74. The van der Waals surface area contributed by atoms with E-state index in [0.29, 0.717) is 38.2 Å². The topological polar surface area (TPSA) is 57.7 Å². The van der Waals surface area contributed by atoms with Crippen molar-refractivity contribution in [3.8, 4) is 11.1 Å². The van der Waals surface area contributed by atoms with Crippen LogP contribution in [0, 0.1) is 0 Å². The number of sulfonamides is 1. The Bertz CT molecular complexity index is 858. The van der Waals surface area contributed by atoms with Crippen LogP contribution in [0.2, 0.25) is 0 Å². The van der Waals surface area contributed by atoms with E-state index in [1.807, 2.05) is 61.5 Å². The molecule has 1 fully saturated rings. The maximum Gasteiger partial charge on any atom is 0.253 e. The minimum absolute atomic E-state index is 0.0460. The molecule has 0 aliphatic carbocycles. The molecular weight excluding hydrogens is 348 g/mol. The normalized spacial score (nSPS) is 15.8. The molecule has 6 heteroatoms. The number of benzene rings is 2. The molecule has 1 aliphatic heterocycles. The van der Waals surface area contributed by atoms with E-state index >= 15 is 0 Å². The fourth-order valence-corrected chi connectivity index (χ4v) is 4.70. The predicted molar refractivity (Wildman–Crippen MR) is 103 cm³/mol. The Morgan fingerprint density at radius 2 is 1.58 bits per heavy atom. The van der Waals surface area contributed by atoms with Crippen molar-refractivity contribution < 1.29 is 13.2 Å². The molecule has 2 aromatic rings. The zero-order valence-electron chi connectivity index (χ0n) is 15.0. The number of amides is 1. The first kappa shape index (κ1) is 18.6. The first-order valence-electron chi connectivity index (χ1n) is 8.94. The number of piperazine rings is 1. The van der Waals surface area contributed by atoms with Crippen LogP contribution in [-0.4, -0.2) is 55.5 Å². The van der Waals surface area contributed by atoms with E-state index in [1.54, 1.807) is 4.90 Å². The molecule has 3 rings (SSSR count). The summed E-state index contributed by atoms with van der Waals surface area (Å²) in [6, 6.07) is 17.5. The van der Waals surface area contributed by atoms with Crippen molar-refractivity contribution in [2.24, 2.45) is 0 Å². The van der Waals surface area contributed by atoms with Gasteiger partial charge in [-0.1, -0.05) is 49.4 Å². The second kappa shape index (κ2) is 8.01. The lowest BCUT2D eigenvalue weighted by atomic mass is 10.0. The summed E-state index contributed by atoms with van der Waals surface area (Å²) in [7, 11) is -3.19.